The molecule has 1 fully saturated rings. The molecule has 0 radical (unpaired) electrons. The van der Waals surface area contributed by atoms with Crippen LogP contribution < -0.4 is 9.64 Å². The molecule has 0 aliphatic carbocycles. The molecule has 7 heteroatoms. The van der Waals surface area contributed by atoms with Gasteiger partial charge in [0.1, 0.15) is 5.75 Å². The Hall–Kier alpha value is -2.93. The summed E-state index contributed by atoms with van der Waals surface area (Å²) in [7, 11) is 0. The van der Waals surface area contributed by atoms with Crippen LogP contribution in [0.1, 0.15) is 44.2 Å². The third-order valence-corrected chi connectivity index (χ3v) is 5.56. The van der Waals surface area contributed by atoms with Crippen molar-refractivity contribution in [2.75, 3.05) is 37.7 Å². The molecule has 3 aromatic rings. The minimum atomic E-state index is 0.0102. The van der Waals surface area contributed by atoms with E-state index in [4.69, 9.17) is 4.74 Å². The highest BCUT2D eigenvalue weighted by Crippen LogP contribution is 2.31. The van der Waals surface area contributed by atoms with Crippen LogP contribution in [0.3, 0.4) is 0 Å². The minimum absolute atomic E-state index is 0.0102. The molecule has 0 N–H and O–H groups in total. The molecule has 1 aliphatic heterocycles. The predicted octanol–water partition coefficient (Wildman–Crippen LogP) is 3.56. The number of aromatic nitrogens is 4. The molecule has 0 amide bonds. The van der Waals surface area contributed by atoms with Crippen molar-refractivity contribution in [3.8, 4) is 5.75 Å². The third-order valence-electron chi connectivity index (χ3n) is 5.56. The Labute approximate surface area is 178 Å². The molecule has 4 rings (SSSR count). The molecule has 1 saturated heterocycles. The van der Waals surface area contributed by atoms with Gasteiger partial charge in [-0.15, -0.1) is 5.10 Å². The van der Waals surface area contributed by atoms with Gasteiger partial charge in [-0.25, -0.2) is 4.68 Å². The smallest absolute Gasteiger partial charge is 0.173 e. The van der Waals surface area contributed by atoms with Crippen molar-refractivity contribution in [2.45, 2.75) is 32.9 Å². The number of nitrogens with zero attached hydrogens (tertiary/aromatic N) is 6. The van der Waals surface area contributed by atoms with Gasteiger partial charge in [-0.05, 0) is 61.0 Å². The van der Waals surface area contributed by atoms with E-state index in [0.717, 1.165) is 37.8 Å². The van der Waals surface area contributed by atoms with Crippen LogP contribution in [0.4, 0.5) is 5.69 Å². The maximum absolute atomic E-state index is 5.64. The van der Waals surface area contributed by atoms with E-state index < -0.39 is 0 Å². The fourth-order valence-electron chi connectivity index (χ4n) is 4.06. The molecular formula is C23H30N6O. The van der Waals surface area contributed by atoms with Crippen molar-refractivity contribution >= 4 is 5.69 Å². The van der Waals surface area contributed by atoms with Crippen LogP contribution >= 0.6 is 0 Å². The molecule has 0 bridgehead atoms. The van der Waals surface area contributed by atoms with Gasteiger partial charge in [0.2, 0.25) is 0 Å². The maximum atomic E-state index is 5.64. The molecule has 1 aromatic heterocycles. The number of hydrogen-bond acceptors (Lipinski definition) is 6. The van der Waals surface area contributed by atoms with Crippen LogP contribution in [0, 0.1) is 0 Å². The van der Waals surface area contributed by atoms with E-state index in [1.54, 1.807) is 0 Å². The van der Waals surface area contributed by atoms with Crippen molar-refractivity contribution < 1.29 is 4.74 Å². The van der Waals surface area contributed by atoms with Gasteiger partial charge in [0.25, 0.3) is 0 Å². The number of ether oxygens (including phenoxy) is 1. The van der Waals surface area contributed by atoms with Gasteiger partial charge < -0.3 is 9.64 Å². The Morgan fingerprint density at radius 3 is 2.27 bits per heavy atom. The summed E-state index contributed by atoms with van der Waals surface area (Å²) in [6, 6.07) is 19.2. The molecule has 0 saturated carbocycles. The number of para-hydroxylation sites is 1. The number of piperazine rings is 1. The van der Waals surface area contributed by atoms with Crippen LogP contribution in [-0.4, -0.2) is 57.9 Å². The lowest BCUT2D eigenvalue weighted by Crippen LogP contribution is -2.48. The standard InChI is InChI=1S/C23H30N6O/c1-4-30-21-12-10-19(11-13-21)22(23-24-25-26-29(23)18(2)3)28-16-14-27(15-17-28)20-8-6-5-7-9-20/h5-13,18,22H,4,14-17H2,1-3H3. The Balaban J connectivity index is 1.60. The SMILES string of the molecule is CCOc1ccc(C(c2nnnn2C(C)C)N2CCN(c3ccccc3)CC2)cc1. The highest BCUT2D eigenvalue weighted by Gasteiger charge is 2.31. The summed E-state index contributed by atoms with van der Waals surface area (Å²) in [4.78, 5) is 4.93. The summed E-state index contributed by atoms with van der Waals surface area (Å²) in [5, 5.41) is 12.7. The number of tetrazole rings is 1. The lowest BCUT2D eigenvalue weighted by molar-refractivity contribution is 0.199. The average molecular weight is 407 g/mol. The van der Waals surface area contributed by atoms with E-state index in [2.05, 4.69) is 81.6 Å². The second-order valence-corrected chi connectivity index (χ2v) is 7.84. The van der Waals surface area contributed by atoms with Crippen LogP contribution in [0.2, 0.25) is 0 Å². The monoisotopic (exact) mass is 406 g/mol. The van der Waals surface area contributed by atoms with Crippen LogP contribution in [0.5, 0.6) is 5.75 Å². The summed E-state index contributed by atoms with van der Waals surface area (Å²) in [6.45, 7) is 10.7. The second-order valence-electron chi connectivity index (χ2n) is 7.84. The van der Waals surface area contributed by atoms with Gasteiger partial charge in [0.05, 0.1) is 18.7 Å². The summed E-state index contributed by atoms with van der Waals surface area (Å²) < 4.78 is 7.57. The number of rotatable bonds is 7. The van der Waals surface area contributed by atoms with Crippen molar-refractivity contribution in [1.82, 2.24) is 25.1 Å². The lowest BCUT2D eigenvalue weighted by atomic mass is 10.0. The Kier molecular flexibility index (Phi) is 6.28. The topological polar surface area (TPSA) is 59.3 Å². The first-order valence-electron chi connectivity index (χ1n) is 10.7. The summed E-state index contributed by atoms with van der Waals surface area (Å²) >= 11 is 0. The van der Waals surface area contributed by atoms with Crippen molar-refractivity contribution in [3.63, 3.8) is 0 Å². The molecule has 7 nitrogen and oxygen atoms in total. The molecule has 1 aliphatic rings. The fraction of sp³-hybridized carbons (Fsp3) is 0.435. The van der Waals surface area contributed by atoms with Gasteiger partial charge in [-0.1, -0.05) is 30.3 Å². The van der Waals surface area contributed by atoms with Crippen molar-refractivity contribution in [3.05, 3.63) is 66.0 Å². The summed E-state index contributed by atoms with van der Waals surface area (Å²) in [6.07, 6.45) is 0. The van der Waals surface area contributed by atoms with Gasteiger partial charge in [-0.3, -0.25) is 4.90 Å². The fourth-order valence-corrected chi connectivity index (χ4v) is 4.06. The molecule has 1 atom stereocenters. The molecule has 2 aromatic carbocycles. The van der Waals surface area contributed by atoms with E-state index in [9.17, 15) is 0 Å². The molecule has 158 valence electrons. The molecule has 1 unspecified atom stereocenters. The van der Waals surface area contributed by atoms with Crippen molar-refractivity contribution in [1.29, 1.82) is 0 Å². The first-order chi connectivity index (χ1) is 14.7. The Morgan fingerprint density at radius 1 is 0.933 bits per heavy atom. The van der Waals surface area contributed by atoms with E-state index in [1.807, 2.05) is 23.7 Å². The molecule has 30 heavy (non-hydrogen) atoms. The van der Waals surface area contributed by atoms with Gasteiger partial charge >= 0.3 is 0 Å². The average Bonchev–Trinajstić information content (AvgIpc) is 3.26. The van der Waals surface area contributed by atoms with E-state index in [1.165, 1.54) is 11.3 Å². The maximum Gasteiger partial charge on any atom is 0.173 e. The van der Waals surface area contributed by atoms with Crippen LogP contribution in [0.15, 0.2) is 54.6 Å². The van der Waals surface area contributed by atoms with Crippen LogP contribution in [-0.2, 0) is 0 Å². The lowest BCUT2D eigenvalue weighted by Gasteiger charge is -2.40. The number of benzene rings is 2. The first kappa shape index (κ1) is 20.3. The largest absolute Gasteiger partial charge is 0.494 e. The van der Waals surface area contributed by atoms with E-state index >= 15 is 0 Å². The number of anilines is 1. The zero-order valence-corrected chi connectivity index (χ0v) is 18.0. The Bertz CT molecular complexity index is 916. The van der Waals surface area contributed by atoms with Gasteiger partial charge in [-0.2, -0.15) is 0 Å². The zero-order chi connectivity index (χ0) is 20.9. The number of hydrogen-bond donors (Lipinski definition) is 0. The third kappa shape index (κ3) is 4.31. The highest BCUT2D eigenvalue weighted by atomic mass is 16.5. The predicted molar refractivity (Wildman–Crippen MR) is 118 cm³/mol. The molecule has 2 heterocycles. The highest BCUT2D eigenvalue weighted by molar-refractivity contribution is 5.46. The first-order valence-corrected chi connectivity index (χ1v) is 10.7. The summed E-state index contributed by atoms with van der Waals surface area (Å²) in [5.74, 6) is 1.78. The van der Waals surface area contributed by atoms with E-state index in [-0.39, 0.29) is 12.1 Å². The van der Waals surface area contributed by atoms with Crippen molar-refractivity contribution in [2.24, 2.45) is 0 Å². The van der Waals surface area contributed by atoms with E-state index in [0.29, 0.717) is 6.61 Å². The zero-order valence-electron chi connectivity index (χ0n) is 18.0. The van der Waals surface area contributed by atoms with Crippen LogP contribution in [0.25, 0.3) is 0 Å². The molecular weight excluding hydrogens is 376 g/mol. The quantitative estimate of drug-likeness (QED) is 0.598. The van der Waals surface area contributed by atoms with Gasteiger partial charge in [0, 0.05) is 31.9 Å². The minimum Gasteiger partial charge on any atom is -0.494 e. The summed E-state index contributed by atoms with van der Waals surface area (Å²) in [5.41, 5.74) is 2.46. The van der Waals surface area contributed by atoms with Gasteiger partial charge in [0.15, 0.2) is 5.82 Å². The molecule has 0 spiro atoms. The normalized spacial score (nSPS) is 16.1. The second kappa shape index (κ2) is 9.26. The Morgan fingerprint density at radius 2 is 1.63 bits per heavy atom.